The number of carbonyl (C=O) groups is 2. The molecule has 2 amide bonds. The van der Waals surface area contributed by atoms with E-state index in [1.165, 1.54) is 31.5 Å². The molecule has 3 aromatic rings. The Kier molecular flexibility index (Phi) is 9.94. The Hall–Kier alpha value is -3.80. The van der Waals surface area contributed by atoms with Crippen molar-refractivity contribution in [1.82, 2.24) is 5.43 Å². The lowest BCUT2D eigenvalue weighted by Crippen LogP contribution is -2.39. The van der Waals surface area contributed by atoms with Gasteiger partial charge in [-0.1, -0.05) is 35.3 Å². The summed E-state index contributed by atoms with van der Waals surface area (Å²) in [6.45, 7) is -0.729. The molecule has 0 fully saturated rings. The van der Waals surface area contributed by atoms with E-state index in [1.807, 2.05) is 0 Å². The Labute approximate surface area is 230 Å². The van der Waals surface area contributed by atoms with Gasteiger partial charge < -0.3 is 14.8 Å². The van der Waals surface area contributed by atoms with Crippen LogP contribution in [0.5, 0.6) is 11.5 Å². The molecule has 0 aromatic heterocycles. The number of halogens is 2. The van der Waals surface area contributed by atoms with Crippen molar-refractivity contribution >= 4 is 62.6 Å². The van der Waals surface area contributed by atoms with Gasteiger partial charge in [-0.2, -0.15) is 5.10 Å². The summed E-state index contributed by atoms with van der Waals surface area (Å²) in [6, 6.07) is 17.8. The summed E-state index contributed by atoms with van der Waals surface area (Å²) < 4.78 is 35.9. The Morgan fingerprint density at radius 2 is 1.71 bits per heavy atom. The molecule has 0 aliphatic heterocycles. The monoisotopic (exact) mass is 578 g/mol. The van der Waals surface area contributed by atoms with Crippen molar-refractivity contribution in [3.05, 3.63) is 82.3 Å². The van der Waals surface area contributed by atoms with E-state index in [9.17, 15) is 18.0 Å². The minimum atomic E-state index is -3.79. The van der Waals surface area contributed by atoms with Crippen LogP contribution in [0.15, 0.2) is 71.8 Å². The predicted molar refractivity (Wildman–Crippen MR) is 148 cm³/mol. The van der Waals surface area contributed by atoms with Gasteiger partial charge in [0.1, 0.15) is 18.0 Å². The van der Waals surface area contributed by atoms with Crippen LogP contribution in [0.3, 0.4) is 0 Å². The lowest BCUT2D eigenvalue weighted by Gasteiger charge is -2.21. The lowest BCUT2D eigenvalue weighted by atomic mass is 10.2. The number of amides is 2. The van der Waals surface area contributed by atoms with E-state index >= 15 is 0 Å². The number of para-hydroxylation sites is 1. The van der Waals surface area contributed by atoms with Crippen molar-refractivity contribution in [3.63, 3.8) is 0 Å². The molecule has 0 saturated carbocycles. The van der Waals surface area contributed by atoms with Gasteiger partial charge >= 0.3 is 0 Å². The Balaban J connectivity index is 1.52. The van der Waals surface area contributed by atoms with Gasteiger partial charge in [-0.05, 0) is 60.2 Å². The molecule has 2 N–H and O–H groups in total. The summed E-state index contributed by atoms with van der Waals surface area (Å²) in [6.07, 6.45) is 2.35. The number of nitrogens with zero attached hydrogens (tertiary/aromatic N) is 2. The summed E-state index contributed by atoms with van der Waals surface area (Å²) in [7, 11) is -2.36. The Bertz CT molecular complexity index is 1430. The molecule has 13 heteroatoms. The highest BCUT2D eigenvalue weighted by atomic mass is 35.5. The third-order valence-corrected chi connectivity index (χ3v) is 6.68. The summed E-state index contributed by atoms with van der Waals surface area (Å²) in [5.41, 5.74) is 3.61. The van der Waals surface area contributed by atoms with E-state index in [0.29, 0.717) is 27.8 Å². The molecule has 0 heterocycles. The number of methoxy groups -OCH3 is 1. The molecule has 10 nitrogen and oxygen atoms in total. The highest BCUT2D eigenvalue weighted by Crippen LogP contribution is 2.30. The Morgan fingerprint density at radius 1 is 1.00 bits per heavy atom. The van der Waals surface area contributed by atoms with Crippen molar-refractivity contribution in [1.29, 1.82) is 0 Å². The molecule has 0 atom stereocenters. The van der Waals surface area contributed by atoms with E-state index in [4.69, 9.17) is 32.7 Å². The third-order valence-electron chi connectivity index (χ3n) is 4.91. The number of nitrogens with one attached hydrogen (secondary N) is 2. The molecule has 0 radical (unpaired) electrons. The normalized spacial score (nSPS) is 11.2. The second-order valence-electron chi connectivity index (χ2n) is 7.77. The van der Waals surface area contributed by atoms with Gasteiger partial charge in [0.05, 0.1) is 41.0 Å². The fraction of sp³-hybridized carbons (Fsp3) is 0.160. The minimum Gasteiger partial charge on any atom is -0.495 e. The zero-order valence-electron chi connectivity index (χ0n) is 20.4. The van der Waals surface area contributed by atoms with Crippen LogP contribution in [-0.4, -0.2) is 53.0 Å². The molecule has 0 bridgehead atoms. The van der Waals surface area contributed by atoms with Gasteiger partial charge in [0.15, 0.2) is 6.61 Å². The standard InChI is InChI=1S/C25H24Cl2N4O6S/c1-36-23-12-9-18(13-21(23)27)31(38(2,34)35)15-24(32)30-28-14-17-7-10-19(11-8-17)37-16-25(33)29-22-6-4-3-5-20(22)26/h3-14H,15-16H2,1-2H3,(H,29,33)(H,30,32)/b28-14-. The second-order valence-corrected chi connectivity index (χ2v) is 10.5. The van der Waals surface area contributed by atoms with Crippen LogP contribution in [0, 0.1) is 0 Å². The highest BCUT2D eigenvalue weighted by Gasteiger charge is 2.21. The van der Waals surface area contributed by atoms with E-state index < -0.39 is 22.5 Å². The van der Waals surface area contributed by atoms with E-state index in [0.717, 1.165) is 10.6 Å². The molecule has 3 aromatic carbocycles. The molecule has 0 spiro atoms. The smallest absolute Gasteiger partial charge is 0.262 e. The van der Waals surface area contributed by atoms with Crippen LogP contribution < -0.4 is 24.5 Å². The molecule has 0 saturated heterocycles. The van der Waals surface area contributed by atoms with Gasteiger partial charge in [-0.15, -0.1) is 0 Å². The van der Waals surface area contributed by atoms with Crippen molar-refractivity contribution in [2.45, 2.75) is 0 Å². The maximum Gasteiger partial charge on any atom is 0.262 e. The first-order chi connectivity index (χ1) is 18.1. The number of hydrazone groups is 1. The fourth-order valence-electron chi connectivity index (χ4n) is 3.10. The number of benzene rings is 3. The molecule has 0 aliphatic carbocycles. The number of anilines is 2. The largest absolute Gasteiger partial charge is 0.495 e. The third kappa shape index (κ3) is 8.37. The van der Waals surface area contributed by atoms with Crippen LogP contribution in [0.2, 0.25) is 10.0 Å². The number of sulfonamides is 1. The number of rotatable bonds is 11. The van der Waals surface area contributed by atoms with Crippen LogP contribution in [0.1, 0.15) is 5.56 Å². The molecule has 200 valence electrons. The van der Waals surface area contributed by atoms with E-state index in [1.54, 1.807) is 48.5 Å². The van der Waals surface area contributed by atoms with Crippen molar-refractivity contribution in [2.24, 2.45) is 5.10 Å². The zero-order chi connectivity index (χ0) is 27.7. The first kappa shape index (κ1) is 28.8. The maximum atomic E-state index is 12.4. The average Bonchev–Trinajstić information content (AvgIpc) is 2.87. The van der Waals surface area contributed by atoms with Gasteiger partial charge in [0, 0.05) is 0 Å². The number of carbonyl (C=O) groups excluding carboxylic acids is 2. The summed E-state index contributed by atoms with van der Waals surface area (Å²) in [5.74, 6) is -0.216. The van der Waals surface area contributed by atoms with E-state index in [-0.39, 0.29) is 23.2 Å². The predicted octanol–water partition coefficient (Wildman–Crippen LogP) is 3.94. The summed E-state index contributed by atoms with van der Waals surface area (Å²) in [4.78, 5) is 24.4. The second kappa shape index (κ2) is 13.1. The molecule has 0 aliphatic rings. The van der Waals surface area contributed by atoms with Crippen molar-refractivity contribution < 1.29 is 27.5 Å². The summed E-state index contributed by atoms with van der Waals surface area (Å²) >= 11 is 12.1. The average molecular weight is 579 g/mol. The fourth-order valence-corrected chi connectivity index (χ4v) is 4.39. The van der Waals surface area contributed by atoms with Crippen LogP contribution in [0.4, 0.5) is 11.4 Å². The molecular weight excluding hydrogens is 555 g/mol. The molecule has 0 unspecified atom stereocenters. The van der Waals surface area contributed by atoms with Crippen LogP contribution in [0.25, 0.3) is 0 Å². The zero-order valence-corrected chi connectivity index (χ0v) is 22.7. The van der Waals surface area contributed by atoms with Crippen molar-refractivity contribution in [3.8, 4) is 11.5 Å². The maximum absolute atomic E-state index is 12.4. The van der Waals surface area contributed by atoms with Gasteiger partial charge in [0.2, 0.25) is 10.0 Å². The Morgan fingerprint density at radius 3 is 2.34 bits per heavy atom. The lowest BCUT2D eigenvalue weighted by molar-refractivity contribution is -0.119. The van der Waals surface area contributed by atoms with E-state index in [2.05, 4.69) is 15.8 Å². The van der Waals surface area contributed by atoms with Gasteiger partial charge in [-0.3, -0.25) is 13.9 Å². The summed E-state index contributed by atoms with van der Waals surface area (Å²) in [5, 5.41) is 7.15. The van der Waals surface area contributed by atoms with Crippen LogP contribution >= 0.6 is 23.2 Å². The highest BCUT2D eigenvalue weighted by molar-refractivity contribution is 7.92. The minimum absolute atomic E-state index is 0.200. The van der Waals surface area contributed by atoms with Crippen LogP contribution in [-0.2, 0) is 19.6 Å². The molecule has 38 heavy (non-hydrogen) atoms. The number of hydrogen-bond donors (Lipinski definition) is 2. The SMILES string of the molecule is COc1ccc(N(CC(=O)N/N=C\c2ccc(OCC(=O)Nc3ccccc3Cl)cc2)S(C)(=O)=O)cc1Cl. The first-order valence-electron chi connectivity index (χ1n) is 11.0. The first-order valence-corrected chi connectivity index (χ1v) is 13.6. The topological polar surface area (TPSA) is 126 Å². The number of ether oxygens (including phenoxy) is 2. The molecule has 3 rings (SSSR count). The van der Waals surface area contributed by atoms with Crippen molar-refractivity contribution in [2.75, 3.05) is 36.1 Å². The quantitative estimate of drug-likeness (QED) is 0.262. The number of hydrogen-bond acceptors (Lipinski definition) is 7. The van der Waals surface area contributed by atoms with Gasteiger partial charge in [-0.25, -0.2) is 13.8 Å². The van der Waals surface area contributed by atoms with Gasteiger partial charge in [0.25, 0.3) is 11.8 Å². The molecular formula is C25H24Cl2N4O6S.